The average Bonchev–Trinajstić information content (AvgIpc) is 2.54. The first-order valence-corrected chi connectivity index (χ1v) is 7.95. The Morgan fingerprint density at radius 1 is 1.29 bits per heavy atom. The van der Waals surface area contributed by atoms with Crippen molar-refractivity contribution >= 4 is 5.78 Å². The summed E-state index contributed by atoms with van der Waals surface area (Å²) < 4.78 is 12.8. The molecule has 1 aromatic rings. The number of hydrogen-bond donors (Lipinski definition) is 0. The van der Waals surface area contributed by atoms with Crippen LogP contribution in [-0.2, 0) is 0 Å². The van der Waals surface area contributed by atoms with Crippen LogP contribution in [0.1, 0.15) is 56.4 Å². The third-order valence-corrected chi connectivity index (χ3v) is 5.08. The fourth-order valence-corrected chi connectivity index (χ4v) is 3.14. The highest BCUT2D eigenvalue weighted by atomic mass is 19.1. The number of rotatable bonds is 6. The van der Waals surface area contributed by atoms with Gasteiger partial charge < -0.3 is 4.90 Å². The largest absolute Gasteiger partial charge is 0.303 e. The molecule has 0 N–H and O–H groups in total. The van der Waals surface area contributed by atoms with Gasteiger partial charge in [-0.25, -0.2) is 4.39 Å². The fraction of sp³-hybridized carbons (Fsp3) is 0.647. The highest BCUT2D eigenvalue weighted by Crippen LogP contribution is 2.37. The number of nitrogens with zero attached hydrogens (tertiary/aromatic N) is 2. The van der Waals surface area contributed by atoms with Crippen molar-refractivity contribution in [3.8, 4) is 0 Å². The van der Waals surface area contributed by atoms with Crippen molar-refractivity contribution in [3.63, 3.8) is 0 Å². The standard InChI is InChI=1S/C17H25FN2O/c1-3-17(4-2)8-11-20(12-9-17)10-7-16(21)15-6-5-14(18)13-19-15/h5-6,13H,3-4,7-12H2,1-2H3. The highest BCUT2D eigenvalue weighted by Gasteiger charge is 2.31. The van der Waals surface area contributed by atoms with Crippen LogP contribution in [0.5, 0.6) is 0 Å². The average molecular weight is 292 g/mol. The summed E-state index contributed by atoms with van der Waals surface area (Å²) in [6, 6.07) is 2.75. The van der Waals surface area contributed by atoms with Gasteiger partial charge in [0.15, 0.2) is 5.78 Å². The van der Waals surface area contributed by atoms with E-state index in [1.165, 1.54) is 37.8 Å². The Kier molecular flexibility index (Phi) is 5.45. The van der Waals surface area contributed by atoms with Gasteiger partial charge in [-0.3, -0.25) is 9.78 Å². The first-order valence-electron chi connectivity index (χ1n) is 7.95. The maximum atomic E-state index is 12.8. The van der Waals surface area contributed by atoms with Crippen LogP contribution in [0.15, 0.2) is 18.3 Å². The number of ketones is 1. The molecule has 1 saturated heterocycles. The topological polar surface area (TPSA) is 33.2 Å². The van der Waals surface area contributed by atoms with Gasteiger partial charge in [0.05, 0.1) is 6.20 Å². The molecule has 0 radical (unpaired) electrons. The van der Waals surface area contributed by atoms with Gasteiger partial charge in [0.1, 0.15) is 11.5 Å². The summed E-state index contributed by atoms with van der Waals surface area (Å²) in [6.07, 6.45) is 6.51. The molecule has 3 nitrogen and oxygen atoms in total. The van der Waals surface area contributed by atoms with Gasteiger partial charge in [0, 0.05) is 13.0 Å². The molecule has 0 aromatic carbocycles. The molecular weight excluding hydrogens is 267 g/mol. The number of hydrogen-bond acceptors (Lipinski definition) is 3. The number of piperidine rings is 1. The second-order valence-electron chi connectivity index (χ2n) is 6.08. The molecule has 0 saturated carbocycles. The monoisotopic (exact) mass is 292 g/mol. The van der Waals surface area contributed by atoms with Crippen LogP contribution < -0.4 is 0 Å². The van der Waals surface area contributed by atoms with Crippen LogP contribution in [0.2, 0.25) is 0 Å². The Labute approximate surface area is 126 Å². The van der Waals surface area contributed by atoms with Crippen molar-refractivity contribution < 1.29 is 9.18 Å². The molecule has 1 fully saturated rings. The van der Waals surface area contributed by atoms with E-state index in [1.807, 2.05) is 0 Å². The zero-order valence-corrected chi connectivity index (χ0v) is 13.1. The van der Waals surface area contributed by atoms with Gasteiger partial charge in [-0.2, -0.15) is 0 Å². The van der Waals surface area contributed by atoms with Crippen LogP contribution in [-0.4, -0.2) is 35.3 Å². The van der Waals surface area contributed by atoms with Gasteiger partial charge in [0.2, 0.25) is 0 Å². The van der Waals surface area contributed by atoms with Gasteiger partial charge in [-0.05, 0) is 43.5 Å². The maximum absolute atomic E-state index is 12.8. The van der Waals surface area contributed by atoms with Crippen LogP contribution in [0, 0.1) is 11.2 Å². The molecule has 1 aromatic heterocycles. The minimum Gasteiger partial charge on any atom is -0.303 e. The fourth-order valence-electron chi connectivity index (χ4n) is 3.14. The van der Waals surface area contributed by atoms with Crippen LogP contribution in [0.25, 0.3) is 0 Å². The summed E-state index contributed by atoms with van der Waals surface area (Å²) in [5, 5.41) is 0. The minimum absolute atomic E-state index is 0.00202. The molecule has 0 unspecified atom stereocenters. The van der Waals surface area contributed by atoms with Gasteiger partial charge in [-0.1, -0.05) is 26.7 Å². The Morgan fingerprint density at radius 3 is 2.48 bits per heavy atom. The molecule has 2 heterocycles. The number of halogens is 1. The number of likely N-dealkylation sites (tertiary alicyclic amines) is 1. The van der Waals surface area contributed by atoms with Crippen LogP contribution >= 0.6 is 0 Å². The molecule has 1 aliphatic heterocycles. The number of Topliss-reactive ketones (excluding diaryl/α,β-unsaturated/α-hetero) is 1. The van der Waals surface area contributed by atoms with Crippen molar-refractivity contribution in [1.29, 1.82) is 0 Å². The molecule has 1 aliphatic rings. The number of carbonyl (C=O) groups is 1. The summed E-state index contributed by atoms with van der Waals surface area (Å²) >= 11 is 0. The highest BCUT2D eigenvalue weighted by molar-refractivity contribution is 5.94. The Balaban J connectivity index is 1.79. The molecule has 21 heavy (non-hydrogen) atoms. The van der Waals surface area contributed by atoms with Crippen LogP contribution in [0.3, 0.4) is 0 Å². The molecule has 0 atom stereocenters. The van der Waals surface area contributed by atoms with Gasteiger partial charge >= 0.3 is 0 Å². The quantitative estimate of drug-likeness (QED) is 0.750. The van der Waals surface area contributed by atoms with Crippen molar-refractivity contribution in [2.24, 2.45) is 5.41 Å². The zero-order valence-electron chi connectivity index (χ0n) is 13.1. The number of carbonyl (C=O) groups excluding carboxylic acids is 1. The summed E-state index contributed by atoms with van der Waals surface area (Å²) in [5.74, 6) is -0.407. The lowest BCUT2D eigenvalue weighted by Gasteiger charge is -2.41. The van der Waals surface area contributed by atoms with Crippen LogP contribution in [0.4, 0.5) is 4.39 Å². The molecule has 2 rings (SSSR count). The summed E-state index contributed by atoms with van der Waals surface area (Å²) in [5.41, 5.74) is 0.879. The number of pyridine rings is 1. The lowest BCUT2D eigenvalue weighted by atomic mass is 9.74. The third kappa shape index (κ3) is 4.10. The van der Waals surface area contributed by atoms with Crippen molar-refractivity contribution in [1.82, 2.24) is 9.88 Å². The van der Waals surface area contributed by atoms with E-state index < -0.39 is 5.82 Å². The van der Waals surface area contributed by atoms with E-state index in [-0.39, 0.29) is 5.78 Å². The molecule has 116 valence electrons. The van der Waals surface area contributed by atoms with Gasteiger partial charge in [-0.15, -0.1) is 0 Å². The molecule has 0 bridgehead atoms. The third-order valence-electron chi connectivity index (χ3n) is 5.08. The normalized spacial score (nSPS) is 18.6. The SMILES string of the molecule is CCC1(CC)CCN(CCC(=O)c2ccc(F)cn2)CC1. The molecule has 4 heteroatoms. The number of aromatic nitrogens is 1. The van der Waals surface area contributed by atoms with E-state index in [4.69, 9.17) is 0 Å². The minimum atomic E-state index is -0.405. The first kappa shape index (κ1) is 16.1. The Hall–Kier alpha value is -1.29. The lowest BCUT2D eigenvalue weighted by Crippen LogP contribution is -2.40. The molecular formula is C17H25FN2O. The lowest BCUT2D eigenvalue weighted by molar-refractivity contribution is 0.0838. The van der Waals surface area contributed by atoms with Crippen molar-refractivity contribution in [2.45, 2.75) is 46.0 Å². The molecule has 0 spiro atoms. The smallest absolute Gasteiger partial charge is 0.182 e. The van der Waals surface area contributed by atoms with Gasteiger partial charge in [0.25, 0.3) is 0 Å². The second kappa shape index (κ2) is 7.12. The predicted octanol–water partition coefficient (Wildman–Crippen LogP) is 3.70. The Morgan fingerprint density at radius 2 is 1.95 bits per heavy atom. The van der Waals surface area contributed by atoms with E-state index in [0.29, 0.717) is 17.5 Å². The van der Waals surface area contributed by atoms with Crippen molar-refractivity contribution in [2.75, 3.05) is 19.6 Å². The van der Waals surface area contributed by atoms with E-state index in [1.54, 1.807) is 0 Å². The van der Waals surface area contributed by atoms with E-state index in [9.17, 15) is 9.18 Å². The zero-order chi connectivity index (χ0) is 15.3. The van der Waals surface area contributed by atoms with E-state index in [2.05, 4.69) is 23.7 Å². The predicted molar refractivity (Wildman–Crippen MR) is 81.8 cm³/mol. The summed E-state index contributed by atoms with van der Waals surface area (Å²) in [6.45, 7) is 7.49. The van der Waals surface area contributed by atoms with Crippen molar-refractivity contribution in [3.05, 3.63) is 29.8 Å². The first-order chi connectivity index (χ1) is 10.1. The maximum Gasteiger partial charge on any atom is 0.182 e. The second-order valence-corrected chi connectivity index (χ2v) is 6.08. The molecule has 0 aliphatic carbocycles. The van der Waals surface area contributed by atoms with E-state index >= 15 is 0 Å². The summed E-state index contributed by atoms with van der Waals surface area (Å²) in [7, 11) is 0. The Bertz CT molecular complexity index is 458. The molecule has 0 amide bonds. The van der Waals surface area contributed by atoms with E-state index in [0.717, 1.165) is 25.8 Å². The summed E-state index contributed by atoms with van der Waals surface area (Å²) in [4.78, 5) is 18.2.